The normalized spacial score (nSPS) is 14.6. The summed E-state index contributed by atoms with van der Waals surface area (Å²) in [5.74, 6) is -0.142. The van der Waals surface area contributed by atoms with Crippen molar-refractivity contribution in [2.24, 2.45) is 0 Å². The largest absolute Gasteiger partial charge is 0.454 e. The number of rotatable bonds is 15. The molecule has 1 saturated carbocycles. The fourth-order valence-corrected chi connectivity index (χ4v) is 4.67. The highest BCUT2D eigenvalue weighted by atomic mass is 35.5. The van der Waals surface area contributed by atoms with Gasteiger partial charge >= 0.3 is 12.2 Å². The Hall–Kier alpha value is -3.64. The summed E-state index contributed by atoms with van der Waals surface area (Å²) in [6, 6.07) is 13.9. The zero-order valence-corrected chi connectivity index (χ0v) is 24.3. The molecule has 13 heteroatoms. The van der Waals surface area contributed by atoms with Crippen LogP contribution in [0.2, 0.25) is 5.02 Å². The van der Waals surface area contributed by atoms with E-state index in [1.54, 1.807) is 36.4 Å². The van der Waals surface area contributed by atoms with Gasteiger partial charge in [-0.15, -0.1) is 0 Å². The van der Waals surface area contributed by atoms with Crippen LogP contribution in [0.15, 0.2) is 48.5 Å². The maximum absolute atomic E-state index is 12.8. The molecule has 0 spiro atoms. The van der Waals surface area contributed by atoms with Crippen LogP contribution >= 0.6 is 11.6 Å². The monoisotopic (exact) mass is 605 g/mol. The molecule has 9 nitrogen and oxygen atoms in total. The summed E-state index contributed by atoms with van der Waals surface area (Å²) in [5, 5.41) is 13.0. The van der Waals surface area contributed by atoms with E-state index in [0.29, 0.717) is 28.9 Å². The Balaban J connectivity index is 1.42. The number of carbonyl (C=O) groups is 1. The lowest BCUT2D eigenvalue weighted by atomic mass is 10.1. The number of nitrogens with zero attached hydrogens (tertiary/aromatic N) is 3. The number of hydrogen-bond donors (Lipinski definition) is 4. The molecule has 4 N–H and O–H groups in total. The first-order valence-electron chi connectivity index (χ1n) is 13.9. The van der Waals surface area contributed by atoms with Crippen LogP contribution in [0.4, 0.5) is 30.8 Å². The lowest BCUT2D eigenvalue weighted by molar-refractivity contribution is -0.154. The molecule has 0 radical (unpaired) electrons. The predicted octanol–water partition coefficient (Wildman–Crippen LogP) is 6.21. The first kappa shape index (κ1) is 31.3. The third-order valence-corrected chi connectivity index (χ3v) is 7.19. The Morgan fingerprint density at radius 2 is 1.71 bits per heavy atom. The van der Waals surface area contributed by atoms with Gasteiger partial charge in [-0.05, 0) is 81.1 Å². The highest BCUT2D eigenvalue weighted by Gasteiger charge is 2.45. The van der Waals surface area contributed by atoms with Gasteiger partial charge in [-0.1, -0.05) is 37.1 Å². The Morgan fingerprint density at radius 1 is 1.02 bits per heavy atom. The predicted molar refractivity (Wildman–Crippen MR) is 156 cm³/mol. The van der Waals surface area contributed by atoms with Gasteiger partial charge in [-0.3, -0.25) is 4.79 Å². The number of alkyl halides is 3. The van der Waals surface area contributed by atoms with E-state index >= 15 is 0 Å². The van der Waals surface area contributed by atoms with Crippen molar-refractivity contribution in [1.82, 2.24) is 25.6 Å². The summed E-state index contributed by atoms with van der Waals surface area (Å²) < 4.78 is 43.3. The second-order valence-electron chi connectivity index (χ2n) is 10.3. The number of amides is 1. The molecule has 2 aromatic carbocycles. The Kier molecular flexibility index (Phi) is 10.4. The van der Waals surface area contributed by atoms with E-state index in [9.17, 15) is 18.0 Å². The number of ether oxygens (including phenoxy) is 1. The van der Waals surface area contributed by atoms with Crippen molar-refractivity contribution in [3.63, 3.8) is 0 Å². The van der Waals surface area contributed by atoms with E-state index in [1.807, 2.05) is 19.2 Å². The molecule has 0 aliphatic heterocycles. The molecule has 3 aromatic rings. The Bertz CT molecular complexity index is 1320. The second-order valence-corrected chi connectivity index (χ2v) is 10.7. The molecule has 1 aromatic heterocycles. The first-order valence-corrected chi connectivity index (χ1v) is 14.3. The number of hydrogen-bond acceptors (Lipinski definition) is 8. The lowest BCUT2D eigenvalue weighted by Crippen LogP contribution is -2.28. The van der Waals surface area contributed by atoms with Gasteiger partial charge in [0.1, 0.15) is 0 Å². The van der Waals surface area contributed by atoms with Gasteiger partial charge in [-0.2, -0.15) is 28.1 Å². The number of nitrogens with one attached hydrogen (secondary N) is 4. The SMILES string of the molecule is CCCC(CCCNC(=O)c1ccc(Nc2nc(NC3(c4ccc(Cl)cc4)CC3)nc(OCC(F)(F)F)n2)cc1)NC. The van der Waals surface area contributed by atoms with Crippen LogP contribution in [0.3, 0.4) is 0 Å². The summed E-state index contributed by atoms with van der Waals surface area (Å²) in [4.78, 5) is 25.0. The highest BCUT2D eigenvalue weighted by molar-refractivity contribution is 6.30. The van der Waals surface area contributed by atoms with E-state index < -0.39 is 24.3 Å². The molecular formula is C29H35ClF3N7O2. The Morgan fingerprint density at radius 3 is 2.33 bits per heavy atom. The fourth-order valence-electron chi connectivity index (χ4n) is 4.54. The van der Waals surface area contributed by atoms with Crippen LogP contribution < -0.4 is 26.0 Å². The molecule has 1 aliphatic carbocycles. The van der Waals surface area contributed by atoms with Crippen LogP contribution in [-0.2, 0) is 5.54 Å². The smallest absolute Gasteiger partial charge is 0.422 e. The van der Waals surface area contributed by atoms with E-state index in [-0.39, 0.29) is 17.8 Å². The molecule has 0 saturated heterocycles. The van der Waals surface area contributed by atoms with Crippen LogP contribution in [0.5, 0.6) is 6.01 Å². The summed E-state index contributed by atoms with van der Waals surface area (Å²) in [7, 11) is 1.95. The van der Waals surface area contributed by atoms with E-state index in [2.05, 4.69) is 43.1 Å². The standard InChI is InChI=1S/C29H35ClF3N7O2/c1-3-5-22(34-2)6-4-17-35-24(41)19-7-13-23(14-8-19)36-25-37-26(39-27(38-25)42-18-29(31,32)33)40-28(15-16-28)20-9-11-21(30)12-10-20/h7-14,22,34H,3-6,15-18H2,1-2H3,(H,35,41)(H2,36,37,38,39,40). The minimum atomic E-state index is -4.56. The van der Waals surface area contributed by atoms with Gasteiger partial charge in [0.2, 0.25) is 11.9 Å². The topological polar surface area (TPSA) is 113 Å². The fraction of sp³-hybridized carbons (Fsp3) is 0.448. The number of carbonyl (C=O) groups excluding carboxylic acids is 1. The van der Waals surface area contributed by atoms with Gasteiger partial charge in [0.05, 0.1) is 5.54 Å². The molecule has 1 fully saturated rings. The summed E-state index contributed by atoms with van der Waals surface area (Å²) in [6.45, 7) is 1.17. The van der Waals surface area contributed by atoms with Crippen molar-refractivity contribution in [2.75, 3.05) is 30.8 Å². The molecule has 226 valence electrons. The number of aromatic nitrogens is 3. The molecule has 42 heavy (non-hydrogen) atoms. The quantitative estimate of drug-likeness (QED) is 0.151. The van der Waals surface area contributed by atoms with Crippen LogP contribution in [0.1, 0.15) is 61.4 Å². The molecular weight excluding hydrogens is 571 g/mol. The molecule has 1 amide bonds. The molecule has 1 heterocycles. The average molecular weight is 606 g/mol. The third-order valence-electron chi connectivity index (χ3n) is 6.94. The van der Waals surface area contributed by atoms with Gasteiger partial charge < -0.3 is 26.0 Å². The zero-order valence-electron chi connectivity index (χ0n) is 23.5. The molecule has 1 unspecified atom stereocenters. The van der Waals surface area contributed by atoms with Gasteiger partial charge in [0, 0.05) is 28.9 Å². The minimum Gasteiger partial charge on any atom is -0.454 e. The maximum atomic E-state index is 12.8. The zero-order chi connectivity index (χ0) is 30.2. The number of halogens is 4. The van der Waals surface area contributed by atoms with Crippen molar-refractivity contribution >= 4 is 35.1 Å². The lowest BCUT2D eigenvalue weighted by Gasteiger charge is -2.19. The summed E-state index contributed by atoms with van der Waals surface area (Å²) in [6.07, 6.45) is 1.04. The summed E-state index contributed by atoms with van der Waals surface area (Å²) >= 11 is 6.02. The number of anilines is 3. The van der Waals surface area contributed by atoms with E-state index in [4.69, 9.17) is 16.3 Å². The van der Waals surface area contributed by atoms with Gasteiger partial charge in [-0.25, -0.2) is 0 Å². The number of benzene rings is 2. The molecule has 1 atom stereocenters. The van der Waals surface area contributed by atoms with Gasteiger partial charge in [0.15, 0.2) is 6.61 Å². The van der Waals surface area contributed by atoms with E-state index in [1.165, 1.54) is 0 Å². The van der Waals surface area contributed by atoms with Crippen LogP contribution in [-0.4, -0.2) is 53.3 Å². The first-order chi connectivity index (χ1) is 20.1. The van der Waals surface area contributed by atoms with Crippen LogP contribution in [0.25, 0.3) is 0 Å². The van der Waals surface area contributed by atoms with Crippen molar-refractivity contribution in [3.05, 3.63) is 64.7 Å². The highest BCUT2D eigenvalue weighted by Crippen LogP contribution is 2.48. The second kappa shape index (κ2) is 14.0. The Labute approximate surface area is 248 Å². The van der Waals surface area contributed by atoms with Gasteiger partial charge in [0.25, 0.3) is 5.91 Å². The summed E-state index contributed by atoms with van der Waals surface area (Å²) in [5.41, 5.74) is 1.49. The van der Waals surface area contributed by atoms with E-state index in [0.717, 1.165) is 44.1 Å². The van der Waals surface area contributed by atoms with Crippen LogP contribution in [0, 0.1) is 0 Å². The minimum absolute atomic E-state index is 0.0139. The molecule has 0 bridgehead atoms. The average Bonchev–Trinajstić information content (AvgIpc) is 3.74. The van der Waals surface area contributed by atoms with Crippen molar-refractivity contribution < 1.29 is 22.7 Å². The maximum Gasteiger partial charge on any atom is 0.422 e. The molecule has 4 rings (SSSR count). The third kappa shape index (κ3) is 9.18. The van der Waals surface area contributed by atoms with Crippen molar-refractivity contribution in [2.45, 2.75) is 63.2 Å². The van der Waals surface area contributed by atoms with Crippen molar-refractivity contribution in [1.29, 1.82) is 0 Å². The molecule has 1 aliphatic rings. The van der Waals surface area contributed by atoms with Crippen molar-refractivity contribution in [3.8, 4) is 6.01 Å².